The molecule has 0 saturated heterocycles. The first-order valence-corrected chi connectivity index (χ1v) is 8.52. The van der Waals surface area contributed by atoms with Gasteiger partial charge in [0.15, 0.2) is 28.8 Å². The predicted octanol–water partition coefficient (Wildman–Crippen LogP) is 4.10. The van der Waals surface area contributed by atoms with Crippen LogP contribution in [0.2, 0.25) is 0 Å². The van der Waals surface area contributed by atoms with Crippen LogP contribution in [0.15, 0.2) is 36.4 Å². The van der Waals surface area contributed by atoms with Gasteiger partial charge in [-0.15, -0.1) is 0 Å². The quantitative estimate of drug-likeness (QED) is 0.528. The molecule has 0 radical (unpaired) electrons. The fourth-order valence-electron chi connectivity index (χ4n) is 2.46. The summed E-state index contributed by atoms with van der Waals surface area (Å²) in [7, 11) is 4.49. The summed E-state index contributed by atoms with van der Waals surface area (Å²) in [5.41, 5.74) is 1.07. The fourth-order valence-corrected chi connectivity index (χ4v) is 2.46. The number of ketones is 1. The Bertz CT molecular complexity index is 800. The molecule has 6 heteroatoms. The van der Waals surface area contributed by atoms with E-state index in [1.165, 1.54) is 27.4 Å². The highest BCUT2D eigenvalue weighted by Gasteiger charge is 2.15. The van der Waals surface area contributed by atoms with Gasteiger partial charge in [-0.05, 0) is 42.3 Å². The van der Waals surface area contributed by atoms with Gasteiger partial charge in [0.05, 0.1) is 27.9 Å². The highest BCUT2D eigenvalue weighted by Crippen LogP contribution is 2.38. The predicted molar refractivity (Wildman–Crippen MR) is 103 cm³/mol. The van der Waals surface area contributed by atoms with E-state index in [2.05, 4.69) is 0 Å². The number of benzene rings is 2. The summed E-state index contributed by atoms with van der Waals surface area (Å²) in [6, 6.07) is 8.17. The van der Waals surface area contributed by atoms with Gasteiger partial charge in [0, 0.05) is 5.56 Å². The first kappa shape index (κ1) is 20.2. The second-order valence-corrected chi connectivity index (χ2v) is 5.69. The molecule has 2 aromatic rings. The molecule has 1 N–H and O–H groups in total. The second-order valence-electron chi connectivity index (χ2n) is 5.69. The van der Waals surface area contributed by atoms with Crippen LogP contribution >= 0.6 is 0 Å². The molecule has 0 amide bonds. The monoisotopic (exact) mass is 372 g/mol. The standard InChI is InChI=1S/C21H24O6/c1-5-10-27-18-9-7-14(11-17(18)23)6-8-16(22)15-12-19(24-2)21(26-4)20(13-15)25-3/h6-9,11-13,23H,5,10H2,1-4H3. The Morgan fingerprint density at radius 2 is 1.67 bits per heavy atom. The molecule has 0 aromatic heterocycles. The Kier molecular flexibility index (Phi) is 7.11. The molecule has 0 aliphatic carbocycles. The van der Waals surface area contributed by atoms with Crippen LogP contribution in [-0.4, -0.2) is 38.8 Å². The number of hydrogen-bond donors (Lipinski definition) is 1. The Morgan fingerprint density at radius 3 is 2.19 bits per heavy atom. The van der Waals surface area contributed by atoms with Crippen molar-refractivity contribution in [2.45, 2.75) is 13.3 Å². The zero-order chi connectivity index (χ0) is 19.8. The lowest BCUT2D eigenvalue weighted by Crippen LogP contribution is -2.00. The van der Waals surface area contributed by atoms with E-state index in [1.54, 1.807) is 36.4 Å². The topological polar surface area (TPSA) is 74.2 Å². The number of phenolic OH excluding ortho intramolecular Hbond substituents is 1. The molecular weight excluding hydrogens is 348 g/mol. The molecule has 0 heterocycles. The number of ether oxygens (including phenoxy) is 4. The molecular formula is C21H24O6. The van der Waals surface area contributed by atoms with Gasteiger partial charge in [-0.25, -0.2) is 0 Å². The van der Waals surface area contributed by atoms with Crippen LogP contribution in [0.1, 0.15) is 29.3 Å². The van der Waals surface area contributed by atoms with E-state index in [0.717, 1.165) is 6.42 Å². The summed E-state index contributed by atoms with van der Waals surface area (Å²) in [6.45, 7) is 2.52. The molecule has 0 atom stereocenters. The van der Waals surface area contributed by atoms with Gasteiger partial charge >= 0.3 is 0 Å². The van der Waals surface area contributed by atoms with E-state index < -0.39 is 0 Å². The van der Waals surface area contributed by atoms with Crippen molar-refractivity contribution in [2.75, 3.05) is 27.9 Å². The molecule has 0 aliphatic rings. The van der Waals surface area contributed by atoms with Crippen molar-refractivity contribution in [1.29, 1.82) is 0 Å². The van der Waals surface area contributed by atoms with E-state index in [4.69, 9.17) is 18.9 Å². The maximum atomic E-state index is 12.5. The van der Waals surface area contributed by atoms with Gasteiger partial charge in [-0.1, -0.05) is 19.1 Å². The summed E-state index contributed by atoms with van der Waals surface area (Å²) in [6.07, 6.45) is 3.89. The highest BCUT2D eigenvalue weighted by molar-refractivity contribution is 6.07. The van der Waals surface area contributed by atoms with E-state index in [-0.39, 0.29) is 11.5 Å². The Labute approximate surface area is 158 Å². The van der Waals surface area contributed by atoms with Crippen molar-refractivity contribution in [2.24, 2.45) is 0 Å². The van der Waals surface area contributed by atoms with E-state index in [0.29, 0.717) is 40.7 Å². The minimum atomic E-state index is -0.236. The molecule has 0 spiro atoms. The number of allylic oxidation sites excluding steroid dienone is 1. The molecule has 0 unspecified atom stereocenters. The summed E-state index contributed by atoms with van der Waals surface area (Å²) in [4.78, 5) is 12.5. The van der Waals surface area contributed by atoms with Crippen molar-refractivity contribution in [1.82, 2.24) is 0 Å². The SMILES string of the molecule is CCCOc1ccc(C=CC(=O)c2cc(OC)c(OC)c(OC)c2)cc1O. The average Bonchev–Trinajstić information content (AvgIpc) is 2.69. The third kappa shape index (κ3) is 4.94. The first-order valence-electron chi connectivity index (χ1n) is 8.52. The van der Waals surface area contributed by atoms with Gasteiger partial charge in [-0.2, -0.15) is 0 Å². The number of phenols is 1. The maximum Gasteiger partial charge on any atom is 0.203 e. The number of rotatable bonds is 9. The lowest BCUT2D eigenvalue weighted by molar-refractivity contribution is 0.104. The lowest BCUT2D eigenvalue weighted by atomic mass is 10.1. The van der Waals surface area contributed by atoms with Crippen LogP contribution in [0, 0.1) is 0 Å². The molecule has 2 aromatic carbocycles. The molecule has 0 aliphatic heterocycles. The molecule has 0 fully saturated rings. The minimum absolute atomic E-state index is 0.0332. The maximum absolute atomic E-state index is 12.5. The molecule has 2 rings (SSSR count). The number of carbonyl (C=O) groups excluding carboxylic acids is 1. The molecule has 27 heavy (non-hydrogen) atoms. The van der Waals surface area contributed by atoms with E-state index in [9.17, 15) is 9.90 Å². The highest BCUT2D eigenvalue weighted by atomic mass is 16.5. The molecule has 0 saturated carbocycles. The third-order valence-corrected chi connectivity index (χ3v) is 3.82. The van der Waals surface area contributed by atoms with Gasteiger partial charge in [-0.3, -0.25) is 4.79 Å². The number of hydrogen-bond acceptors (Lipinski definition) is 6. The fraction of sp³-hybridized carbons (Fsp3) is 0.286. The minimum Gasteiger partial charge on any atom is -0.504 e. The normalized spacial score (nSPS) is 10.7. The van der Waals surface area contributed by atoms with Gasteiger partial charge < -0.3 is 24.1 Å². The van der Waals surface area contributed by atoms with Gasteiger partial charge in [0.2, 0.25) is 5.75 Å². The summed E-state index contributed by atoms with van der Waals surface area (Å²) >= 11 is 0. The van der Waals surface area contributed by atoms with Crippen LogP contribution in [0.25, 0.3) is 6.08 Å². The number of methoxy groups -OCH3 is 3. The molecule has 6 nitrogen and oxygen atoms in total. The van der Waals surface area contributed by atoms with Crippen LogP contribution in [0.3, 0.4) is 0 Å². The van der Waals surface area contributed by atoms with Gasteiger partial charge in [0.25, 0.3) is 0 Å². The van der Waals surface area contributed by atoms with E-state index >= 15 is 0 Å². The Balaban J connectivity index is 2.23. The smallest absolute Gasteiger partial charge is 0.203 e. The van der Waals surface area contributed by atoms with E-state index in [1.807, 2.05) is 6.92 Å². The van der Waals surface area contributed by atoms with Crippen molar-refractivity contribution >= 4 is 11.9 Å². The molecule has 144 valence electrons. The summed E-state index contributed by atoms with van der Waals surface area (Å²) < 4.78 is 21.2. The van der Waals surface area contributed by atoms with Crippen LogP contribution < -0.4 is 18.9 Å². The van der Waals surface area contributed by atoms with Crippen LogP contribution in [0.4, 0.5) is 0 Å². The number of aromatic hydroxyl groups is 1. The largest absolute Gasteiger partial charge is 0.504 e. The van der Waals surface area contributed by atoms with Crippen LogP contribution in [-0.2, 0) is 0 Å². The first-order chi connectivity index (χ1) is 13.0. The average molecular weight is 372 g/mol. The lowest BCUT2D eigenvalue weighted by Gasteiger charge is -2.13. The van der Waals surface area contributed by atoms with Crippen molar-refractivity contribution in [3.8, 4) is 28.7 Å². The van der Waals surface area contributed by atoms with Crippen molar-refractivity contribution < 1.29 is 28.8 Å². The van der Waals surface area contributed by atoms with Crippen molar-refractivity contribution in [3.63, 3.8) is 0 Å². The summed E-state index contributed by atoms with van der Waals surface area (Å²) in [5.74, 6) is 1.45. The third-order valence-electron chi connectivity index (χ3n) is 3.82. The Hall–Kier alpha value is -3.15. The molecule has 0 bridgehead atoms. The van der Waals surface area contributed by atoms with Crippen molar-refractivity contribution in [3.05, 3.63) is 47.5 Å². The zero-order valence-electron chi connectivity index (χ0n) is 15.9. The second kappa shape index (κ2) is 9.52. The van der Waals surface area contributed by atoms with Gasteiger partial charge in [0.1, 0.15) is 0 Å². The zero-order valence-corrected chi connectivity index (χ0v) is 15.9. The Morgan fingerprint density at radius 1 is 1.00 bits per heavy atom. The summed E-state index contributed by atoms with van der Waals surface area (Å²) in [5, 5.41) is 10.0. The number of carbonyl (C=O) groups is 1. The van der Waals surface area contributed by atoms with Crippen LogP contribution in [0.5, 0.6) is 28.7 Å².